The first-order chi connectivity index (χ1) is 12.2. The lowest BCUT2D eigenvalue weighted by Gasteiger charge is -2.35. The maximum atomic E-state index is 12.4. The lowest BCUT2D eigenvalue weighted by molar-refractivity contribution is -0.135. The second-order valence-electron chi connectivity index (χ2n) is 6.56. The van der Waals surface area contributed by atoms with Gasteiger partial charge in [0.05, 0.1) is 13.0 Å². The summed E-state index contributed by atoms with van der Waals surface area (Å²) in [6, 6.07) is 14.1. The molecule has 0 radical (unpaired) electrons. The number of piperidine rings is 1. The molecule has 5 nitrogen and oxygen atoms in total. The molecular formula is C20H26ClN3O2. The van der Waals surface area contributed by atoms with Gasteiger partial charge in [-0.25, -0.2) is 0 Å². The lowest BCUT2D eigenvalue weighted by Crippen LogP contribution is -2.50. The quantitative estimate of drug-likeness (QED) is 0.841. The molecule has 3 N–H and O–H groups in total. The molecule has 0 aliphatic carbocycles. The molecule has 0 spiro atoms. The number of likely N-dealkylation sites (tertiary alicyclic amines) is 1. The zero-order valence-corrected chi connectivity index (χ0v) is 15.6. The molecule has 2 amide bonds. The van der Waals surface area contributed by atoms with E-state index >= 15 is 0 Å². The Morgan fingerprint density at radius 1 is 1.12 bits per heavy atom. The zero-order chi connectivity index (χ0) is 17.6. The minimum absolute atomic E-state index is 0. The van der Waals surface area contributed by atoms with Crippen LogP contribution in [0, 0.1) is 0 Å². The van der Waals surface area contributed by atoms with Gasteiger partial charge < -0.3 is 16.0 Å². The zero-order valence-electron chi connectivity index (χ0n) is 14.8. The van der Waals surface area contributed by atoms with Crippen LogP contribution in [0.15, 0.2) is 42.5 Å². The van der Waals surface area contributed by atoms with Crippen molar-refractivity contribution in [3.63, 3.8) is 0 Å². The molecule has 0 aromatic heterocycles. The summed E-state index contributed by atoms with van der Waals surface area (Å²) in [6.07, 6.45) is 3.34. The predicted octanol–water partition coefficient (Wildman–Crippen LogP) is 2.26. The number of benzene rings is 2. The second-order valence-corrected chi connectivity index (χ2v) is 6.56. The van der Waals surface area contributed by atoms with Crippen LogP contribution in [0.5, 0.6) is 0 Å². The number of rotatable bonds is 5. The molecular weight excluding hydrogens is 350 g/mol. The van der Waals surface area contributed by atoms with Crippen molar-refractivity contribution in [3.8, 4) is 0 Å². The Morgan fingerprint density at radius 3 is 2.69 bits per heavy atom. The van der Waals surface area contributed by atoms with Crippen molar-refractivity contribution in [2.75, 3.05) is 19.6 Å². The number of carbonyl (C=O) groups is 2. The first kappa shape index (κ1) is 20.2. The molecule has 26 heavy (non-hydrogen) atoms. The molecule has 1 aliphatic rings. The average Bonchev–Trinajstić information content (AvgIpc) is 2.66. The monoisotopic (exact) mass is 375 g/mol. The summed E-state index contributed by atoms with van der Waals surface area (Å²) in [4.78, 5) is 26.5. The molecule has 1 heterocycles. The third-order valence-corrected chi connectivity index (χ3v) is 4.89. The van der Waals surface area contributed by atoms with Gasteiger partial charge in [-0.3, -0.25) is 9.59 Å². The number of nitrogens with zero attached hydrogens (tertiary/aromatic N) is 1. The molecule has 2 aromatic carbocycles. The minimum Gasteiger partial charge on any atom is -0.347 e. The molecule has 0 bridgehead atoms. The molecule has 1 unspecified atom stereocenters. The van der Waals surface area contributed by atoms with E-state index in [2.05, 4.69) is 5.32 Å². The number of hydrogen-bond acceptors (Lipinski definition) is 3. The van der Waals surface area contributed by atoms with Crippen molar-refractivity contribution < 1.29 is 9.59 Å². The van der Waals surface area contributed by atoms with Crippen LogP contribution in [-0.2, 0) is 16.0 Å². The smallest absolute Gasteiger partial charge is 0.242 e. The molecule has 1 saturated heterocycles. The number of nitrogens with one attached hydrogen (secondary N) is 1. The fourth-order valence-corrected chi connectivity index (χ4v) is 3.53. The van der Waals surface area contributed by atoms with Crippen LogP contribution in [0.2, 0.25) is 0 Å². The van der Waals surface area contributed by atoms with Crippen molar-refractivity contribution in [1.82, 2.24) is 10.2 Å². The van der Waals surface area contributed by atoms with E-state index in [9.17, 15) is 9.59 Å². The average molecular weight is 376 g/mol. The van der Waals surface area contributed by atoms with E-state index in [0.717, 1.165) is 42.1 Å². The number of hydrogen-bond donors (Lipinski definition) is 2. The van der Waals surface area contributed by atoms with Crippen LogP contribution >= 0.6 is 12.4 Å². The number of halogens is 1. The first-order valence-electron chi connectivity index (χ1n) is 8.92. The summed E-state index contributed by atoms with van der Waals surface area (Å²) >= 11 is 0. The highest BCUT2D eigenvalue weighted by Crippen LogP contribution is 2.19. The van der Waals surface area contributed by atoms with Crippen LogP contribution < -0.4 is 11.1 Å². The largest absolute Gasteiger partial charge is 0.347 e. The maximum Gasteiger partial charge on any atom is 0.242 e. The maximum absolute atomic E-state index is 12.4. The van der Waals surface area contributed by atoms with E-state index in [0.29, 0.717) is 6.54 Å². The molecule has 1 atom stereocenters. The summed E-state index contributed by atoms with van der Waals surface area (Å²) < 4.78 is 0. The number of amides is 2. The second kappa shape index (κ2) is 9.55. The Bertz CT molecular complexity index is 760. The van der Waals surface area contributed by atoms with E-state index in [4.69, 9.17) is 5.73 Å². The van der Waals surface area contributed by atoms with Crippen molar-refractivity contribution in [2.45, 2.75) is 31.7 Å². The highest BCUT2D eigenvalue weighted by atomic mass is 35.5. The van der Waals surface area contributed by atoms with Gasteiger partial charge in [-0.05, 0) is 35.6 Å². The van der Waals surface area contributed by atoms with Crippen LogP contribution in [-0.4, -0.2) is 42.4 Å². The van der Waals surface area contributed by atoms with Gasteiger partial charge in [0.25, 0.3) is 0 Å². The standard InChI is InChI=1S/C20H25N3O2.ClH/c21-13-17-9-3-4-11-23(17)20(25)14-22-19(24)12-16-8-5-7-15-6-1-2-10-18(15)16;/h1-2,5-8,10,17H,3-4,9,11-14,21H2,(H,22,24);1H. The summed E-state index contributed by atoms with van der Waals surface area (Å²) in [6.45, 7) is 1.26. The van der Waals surface area contributed by atoms with Crippen LogP contribution in [0.1, 0.15) is 24.8 Å². The summed E-state index contributed by atoms with van der Waals surface area (Å²) in [5.41, 5.74) is 6.73. The lowest BCUT2D eigenvalue weighted by atomic mass is 10.0. The van der Waals surface area contributed by atoms with E-state index < -0.39 is 0 Å². The minimum atomic E-state index is -0.133. The fraction of sp³-hybridized carbons (Fsp3) is 0.400. The van der Waals surface area contributed by atoms with Gasteiger partial charge in [0, 0.05) is 19.1 Å². The number of carbonyl (C=O) groups excluding carboxylic acids is 2. The molecule has 0 saturated carbocycles. The third-order valence-electron chi connectivity index (χ3n) is 4.89. The van der Waals surface area contributed by atoms with Gasteiger partial charge in [0.1, 0.15) is 0 Å². The van der Waals surface area contributed by atoms with E-state index in [1.54, 1.807) is 0 Å². The van der Waals surface area contributed by atoms with Gasteiger partial charge in [0.15, 0.2) is 0 Å². The molecule has 1 aliphatic heterocycles. The van der Waals surface area contributed by atoms with Crippen LogP contribution in [0.25, 0.3) is 10.8 Å². The first-order valence-corrected chi connectivity index (χ1v) is 8.92. The summed E-state index contributed by atoms with van der Waals surface area (Å²) in [5, 5.41) is 4.96. The molecule has 140 valence electrons. The van der Waals surface area contributed by atoms with Gasteiger partial charge in [-0.2, -0.15) is 0 Å². The third kappa shape index (κ3) is 4.74. The van der Waals surface area contributed by atoms with Crippen molar-refractivity contribution >= 4 is 35.0 Å². The SMILES string of the molecule is Cl.NCC1CCCCN1C(=O)CNC(=O)Cc1cccc2ccccc12. The Labute approximate surface area is 160 Å². The van der Waals surface area contributed by atoms with Gasteiger partial charge >= 0.3 is 0 Å². The topological polar surface area (TPSA) is 75.4 Å². The molecule has 3 rings (SSSR count). The number of nitrogens with two attached hydrogens (primary N) is 1. The van der Waals surface area contributed by atoms with E-state index in [1.807, 2.05) is 47.4 Å². The normalized spacial score (nSPS) is 16.8. The van der Waals surface area contributed by atoms with Crippen molar-refractivity contribution in [1.29, 1.82) is 0 Å². The Kier molecular flexibility index (Phi) is 7.42. The Hall–Kier alpha value is -2.11. The fourth-order valence-electron chi connectivity index (χ4n) is 3.53. The van der Waals surface area contributed by atoms with E-state index in [1.165, 1.54) is 0 Å². The Balaban J connectivity index is 0.00000243. The highest BCUT2D eigenvalue weighted by molar-refractivity contribution is 5.91. The summed E-state index contributed by atoms with van der Waals surface area (Å²) in [5.74, 6) is -0.174. The molecule has 2 aromatic rings. The molecule has 1 fully saturated rings. The molecule has 6 heteroatoms. The highest BCUT2D eigenvalue weighted by Gasteiger charge is 2.25. The van der Waals surface area contributed by atoms with Crippen molar-refractivity contribution in [2.24, 2.45) is 5.73 Å². The Morgan fingerprint density at radius 2 is 1.88 bits per heavy atom. The van der Waals surface area contributed by atoms with Crippen LogP contribution in [0.4, 0.5) is 0 Å². The van der Waals surface area contributed by atoms with Gasteiger partial charge in [-0.1, -0.05) is 42.5 Å². The number of fused-ring (bicyclic) bond motifs is 1. The van der Waals surface area contributed by atoms with Gasteiger partial charge in [-0.15, -0.1) is 12.4 Å². The van der Waals surface area contributed by atoms with Gasteiger partial charge in [0.2, 0.25) is 11.8 Å². The van der Waals surface area contributed by atoms with E-state index in [-0.39, 0.29) is 43.2 Å². The van der Waals surface area contributed by atoms with Crippen LogP contribution in [0.3, 0.4) is 0 Å². The predicted molar refractivity (Wildman–Crippen MR) is 106 cm³/mol. The summed E-state index contributed by atoms with van der Waals surface area (Å²) in [7, 11) is 0. The van der Waals surface area contributed by atoms with Crippen molar-refractivity contribution in [3.05, 3.63) is 48.0 Å².